The number of aromatic nitrogens is 2. The number of unbranched alkanes of at least 4 members (excludes halogenated alkanes) is 1. The Morgan fingerprint density at radius 2 is 2.15 bits per heavy atom. The summed E-state index contributed by atoms with van der Waals surface area (Å²) in [5, 5.41) is 8.89. The van der Waals surface area contributed by atoms with Crippen molar-refractivity contribution < 1.29 is 18.3 Å². The Labute approximate surface area is 119 Å². The Hall–Kier alpha value is -1.41. The van der Waals surface area contributed by atoms with E-state index in [0.717, 1.165) is 6.42 Å². The Morgan fingerprint density at radius 1 is 1.50 bits per heavy atom. The minimum atomic E-state index is -3.91. The van der Waals surface area contributed by atoms with Crippen molar-refractivity contribution in [1.29, 1.82) is 0 Å². The fourth-order valence-corrected chi connectivity index (χ4v) is 2.79. The van der Waals surface area contributed by atoms with Gasteiger partial charge >= 0.3 is 5.97 Å². The molecule has 0 saturated heterocycles. The van der Waals surface area contributed by atoms with Crippen molar-refractivity contribution in [2.24, 2.45) is 0 Å². The summed E-state index contributed by atoms with van der Waals surface area (Å²) in [6, 6.07) is -1.04. The van der Waals surface area contributed by atoms with Gasteiger partial charge in [0, 0.05) is 12.2 Å². The van der Waals surface area contributed by atoms with E-state index < -0.39 is 22.0 Å². The molecular formula is C12H21N3O4S. The van der Waals surface area contributed by atoms with Crippen molar-refractivity contribution in [3.05, 3.63) is 12.5 Å². The van der Waals surface area contributed by atoms with E-state index in [2.05, 4.69) is 9.71 Å². The number of carboxylic acids is 1. The van der Waals surface area contributed by atoms with E-state index in [1.807, 2.05) is 20.8 Å². The van der Waals surface area contributed by atoms with Gasteiger partial charge in [0.05, 0.1) is 6.33 Å². The van der Waals surface area contributed by atoms with E-state index in [0.29, 0.717) is 6.42 Å². The highest BCUT2D eigenvalue weighted by atomic mass is 32.2. The number of rotatable bonds is 8. The van der Waals surface area contributed by atoms with Crippen LogP contribution in [-0.4, -0.2) is 35.1 Å². The summed E-state index contributed by atoms with van der Waals surface area (Å²) in [5.41, 5.74) is 0. The van der Waals surface area contributed by atoms with Crippen LogP contribution >= 0.6 is 0 Å². The van der Waals surface area contributed by atoms with Gasteiger partial charge in [-0.05, 0) is 20.3 Å². The molecule has 1 unspecified atom stereocenters. The van der Waals surface area contributed by atoms with Crippen molar-refractivity contribution >= 4 is 16.0 Å². The Morgan fingerprint density at radius 3 is 2.60 bits per heavy atom. The van der Waals surface area contributed by atoms with Crippen LogP contribution in [0, 0.1) is 0 Å². The van der Waals surface area contributed by atoms with Crippen LogP contribution in [0.3, 0.4) is 0 Å². The van der Waals surface area contributed by atoms with Crippen molar-refractivity contribution in [3.8, 4) is 0 Å². The zero-order valence-electron chi connectivity index (χ0n) is 11.9. The number of carbonyl (C=O) groups is 1. The molecule has 1 atom stereocenters. The average molecular weight is 303 g/mol. The summed E-state index contributed by atoms with van der Waals surface area (Å²) >= 11 is 0. The van der Waals surface area contributed by atoms with Crippen LogP contribution in [0.25, 0.3) is 0 Å². The molecule has 0 aliphatic carbocycles. The van der Waals surface area contributed by atoms with E-state index in [1.165, 1.54) is 12.5 Å². The van der Waals surface area contributed by atoms with Gasteiger partial charge in [0.2, 0.25) is 0 Å². The van der Waals surface area contributed by atoms with Crippen molar-refractivity contribution in [2.75, 3.05) is 0 Å². The third-order valence-corrected chi connectivity index (χ3v) is 4.25. The third kappa shape index (κ3) is 4.31. The van der Waals surface area contributed by atoms with Crippen LogP contribution in [0.4, 0.5) is 0 Å². The zero-order valence-corrected chi connectivity index (χ0v) is 12.7. The van der Waals surface area contributed by atoms with Crippen LogP contribution in [0.15, 0.2) is 17.6 Å². The molecule has 0 amide bonds. The molecule has 0 radical (unpaired) electrons. The number of sulfonamides is 1. The van der Waals surface area contributed by atoms with E-state index in [9.17, 15) is 13.2 Å². The van der Waals surface area contributed by atoms with Gasteiger partial charge in [0.15, 0.2) is 5.03 Å². The summed E-state index contributed by atoms with van der Waals surface area (Å²) in [6.07, 6.45) is 4.51. The summed E-state index contributed by atoms with van der Waals surface area (Å²) < 4.78 is 28.0. The standard InChI is InChI=1S/C12H21N3O4S/c1-4-5-6-10(12(16)17)14-20(18,19)11-7-15(8-13-11)9(2)3/h7-10,14H,4-6H2,1-3H3,(H,16,17). The smallest absolute Gasteiger partial charge is 0.321 e. The molecule has 0 aromatic carbocycles. The van der Waals surface area contributed by atoms with Gasteiger partial charge in [-0.15, -0.1) is 0 Å². The second-order valence-electron chi connectivity index (χ2n) is 4.91. The molecule has 1 heterocycles. The second-order valence-corrected chi connectivity index (χ2v) is 6.57. The largest absolute Gasteiger partial charge is 0.480 e. The van der Waals surface area contributed by atoms with E-state index in [4.69, 9.17) is 5.11 Å². The maximum Gasteiger partial charge on any atom is 0.321 e. The number of hydrogen-bond acceptors (Lipinski definition) is 4. The minimum Gasteiger partial charge on any atom is -0.480 e. The van der Waals surface area contributed by atoms with E-state index in [1.54, 1.807) is 4.57 Å². The lowest BCUT2D eigenvalue weighted by Gasteiger charge is -2.13. The fraction of sp³-hybridized carbons (Fsp3) is 0.667. The lowest BCUT2D eigenvalue weighted by molar-refractivity contribution is -0.139. The summed E-state index contributed by atoms with van der Waals surface area (Å²) in [7, 11) is -3.91. The van der Waals surface area contributed by atoms with Crippen LogP contribution in [0.5, 0.6) is 0 Å². The third-order valence-electron chi connectivity index (χ3n) is 2.89. The van der Waals surface area contributed by atoms with Crippen molar-refractivity contribution in [2.45, 2.75) is 57.1 Å². The van der Waals surface area contributed by atoms with E-state index >= 15 is 0 Å². The first kappa shape index (κ1) is 16.6. The van der Waals surface area contributed by atoms with Crippen LogP contribution in [-0.2, 0) is 14.8 Å². The van der Waals surface area contributed by atoms with Gasteiger partial charge in [-0.3, -0.25) is 4.79 Å². The molecular weight excluding hydrogens is 282 g/mol. The monoisotopic (exact) mass is 303 g/mol. The molecule has 1 aromatic heterocycles. The molecule has 1 rings (SSSR count). The number of hydrogen-bond donors (Lipinski definition) is 2. The highest BCUT2D eigenvalue weighted by molar-refractivity contribution is 7.89. The quantitative estimate of drug-likeness (QED) is 0.755. The average Bonchev–Trinajstić information content (AvgIpc) is 2.84. The summed E-state index contributed by atoms with van der Waals surface area (Å²) in [6.45, 7) is 5.71. The van der Waals surface area contributed by atoms with E-state index in [-0.39, 0.29) is 17.5 Å². The number of imidazole rings is 1. The predicted octanol–water partition coefficient (Wildman–Crippen LogP) is 1.39. The molecule has 20 heavy (non-hydrogen) atoms. The fourth-order valence-electron chi connectivity index (χ4n) is 1.63. The second kappa shape index (κ2) is 6.85. The maximum absolute atomic E-state index is 12.1. The van der Waals surface area contributed by atoms with Crippen LogP contribution < -0.4 is 4.72 Å². The highest BCUT2D eigenvalue weighted by Gasteiger charge is 2.26. The lowest BCUT2D eigenvalue weighted by Crippen LogP contribution is -2.40. The number of nitrogens with zero attached hydrogens (tertiary/aromatic N) is 2. The first-order valence-corrected chi connectivity index (χ1v) is 8.04. The molecule has 0 aliphatic heterocycles. The Kier molecular flexibility index (Phi) is 5.70. The molecule has 8 heteroatoms. The molecule has 0 saturated carbocycles. The maximum atomic E-state index is 12.1. The molecule has 0 spiro atoms. The zero-order chi connectivity index (χ0) is 15.3. The topological polar surface area (TPSA) is 101 Å². The molecule has 7 nitrogen and oxygen atoms in total. The van der Waals surface area contributed by atoms with Crippen molar-refractivity contribution in [3.63, 3.8) is 0 Å². The summed E-state index contributed by atoms with van der Waals surface area (Å²) in [5.74, 6) is -1.18. The highest BCUT2D eigenvalue weighted by Crippen LogP contribution is 2.12. The Balaban J connectivity index is 2.88. The number of nitrogens with one attached hydrogen (secondary N) is 1. The normalized spacial score (nSPS) is 13.6. The lowest BCUT2D eigenvalue weighted by atomic mass is 10.1. The minimum absolute atomic E-state index is 0.0850. The summed E-state index contributed by atoms with van der Waals surface area (Å²) in [4.78, 5) is 14.9. The molecule has 114 valence electrons. The van der Waals surface area contributed by atoms with Gasteiger partial charge in [-0.1, -0.05) is 19.8 Å². The van der Waals surface area contributed by atoms with Crippen LogP contribution in [0.1, 0.15) is 46.1 Å². The van der Waals surface area contributed by atoms with Gasteiger partial charge in [-0.2, -0.15) is 4.72 Å². The van der Waals surface area contributed by atoms with Gasteiger partial charge < -0.3 is 9.67 Å². The first-order chi connectivity index (χ1) is 9.27. The van der Waals surface area contributed by atoms with Crippen molar-refractivity contribution in [1.82, 2.24) is 14.3 Å². The molecule has 0 aliphatic rings. The molecule has 0 fully saturated rings. The number of aliphatic carboxylic acids is 1. The Bertz CT molecular complexity index is 551. The molecule has 0 bridgehead atoms. The SMILES string of the molecule is CCCCC(NS(=O)(=O)c1cn(C(C)C)cn1)C(=O)O. The van der Waals surface area contributed by atoms with Gasteiger partial charge in [-0.25, -0.2) is 13.4 Å². The van der Waals surface area contributed by atoms with Gasteiger partial charge in [0.1, 0.15) is 6.04 Å². The van der Waals surface area contributed by atoms with Gasteiger partial charge in [0.25, 0.3) is 10.0 Å². The van der Waals surface area contributed by atoms with Crippen LogP contribution in [0.2, 0.25) is 0 Å². The first-order valence-electron chi connectivity index (χ1n) is 6.56. The predicted molar refractivity (Wildman–Crippen MR) is 73.9 cm³/mol. The number of carboxylic acid groups (broad SMARTS) is 1. The molecule has 2 N–H and O–H groups in total. The molecule has 1 aromatic rings.